The van der Waals surface area contributed by atoms with Crippen molar-refractivity contribution in [2.75, 3.05) is 0 Å². The van der Waals surface area contributed by atoms with Crippen LogP contribution in [0.15, 0.2) is 90.5 Å². The van der Waals surface area contributed by atoms with Crippen LogP contribution in [0, 0.1) is 6.92 Å². The van der Waals surface area contributed by atoms with Gasteiger partial charge in [0.25, 0.3) is 0 Å². The first-order chi connectivity index (χ1) is 14.0. The molecule has 0 aliphatic rings. The van der Waals surface area contributed by atoms with Crippen LogP contribution in [0.2, 0.25) is 0 Å². The highest BCUT2D eigenvalue weighted by Crippen LogP contribution is 2.27. The van der Waals surface area contributed by atoms with E-state index in [4.69, 9.17) is 4.98 Å². The van der Waals surface area contributed by atoms with Crippen molar-refractivity contribution in [1.29, 1.82) is 0 Å². The third kappa shape index (κ3) is 3.77. The summed E-state index contributed by atoms with van der Waals surface area (Å²) in [4.78, 5) is 4.88. The van der Waals surface area contributed by atoms with Crippen molar-refractivity contribution >= 4 is 23.1 Å². The fraction of sp³-hybridized carbons (Fsp3) is 0.107. The number of aryl methyl sites for hydroxylation is 1. The van der Waals surface area contributed by atoms with Crippen molar-refractivity contribution in [1.82, 2.24) is 4.98 Å². The molecule has 4 aromatic rings. The largest absolute Gasteiger partial charge is 0.252 e. The second kappa shape index (κ2) is 7.89. The Kier molecular flexibility index (Phi) is 5.14. The van der Waals surface area contributed by atoms with Crippen LogP contribution >= 0.6 is 0 Å². The van der Waals surface area contributed by atoms with Crippen molar-refractivity contribution < 1.29 is 0 Å². The van der Waals surface area contributed by atoms with Gasteiger partial charge in [-0.1, -0.05) is 91.0 Å². The van der Waals surface area contributed by atoms with Crippen molar-refractivity contribution in [3.05, 3.63) is 112 Å². The van der Waals surface area contributed by atoms with E-state index in [-0.39, 0.29) is 0 Å². The van der Waals surface area contributed by atoms with Gasteiger partial charge < -0.3 is 0 Å². The molecule has 0 unspecified atom stereocenters. The molecule has 3 aromatic carbocycles. The third-order valence-electron chi connectivity index (χ3n) is 5.11. The summed E-state index contributed by atoms with van der Waals surface area (Å²) in [6.45, 7) is 10.8. The summed E-state index contributed by atoms with van der Waals surface area (Å²) < 4.78 is 0. The van der Waals surface area contributed by atoms with E-state index in [0.717, 1.165) is 27.0 Å². The number of pyridine rings is 1. The summed E-state index contributed by atoms with van der Waals surface area (Å²) >= 11 is 0. The number of aromatic nitrogens is 1. The van der Waals surface area contributed by atoms with Gasteiger partial charge in [0.1, 0.15) is 0 Å². The molecule has 1 heteroatoms. The van der Waals surface area contributed by atoms with Crippen molar-refractivity contribution in [3.8, 4) is 11.1 Å². The summed E-state index contributed by atoms with van der Waals surface area (Å²) in [6, 6.07) is 27.5. The minimum atomic E-state index is 0.969. The molecule has 0 amide bonds. The summed E-state index contributed by atoms with van der Waals surface area (Å²) in [6.07, 6.45) is 2.24. The van der Waals surface area contributed by atoms with Gasteiger partial charge in [-0.05, 0) is 54.3 Å². The van der Waals surface area contributed by atoms with Gasteiger partial charge in [0.05, 0.1) is 5.52 Å². The number of benzene rings is 3. The smallest absolute Gasteiger partial charge is 0.0783 e. The average molecular weight is 376 g/mol. The fourth-order valence-corrected chi connectivity index (χ4v) is 3.81. The zero-order valence-electron chi connectivity index (χ0n) is 17.2. The van der Waals surface area contributed by atoms with Crippen LogP contribution in [0.4, 0.5) is 0 Å². The Morgan fingerprint density at radius 3 is 2.17 bits per heavy atom. The Morgan fingerprint density at radius 1 is 0.862 bits per heavy atom. The highest BCUT2D eigenvalue weighted by atomic mass is 14.7. The molecular weight excluding hydrogens is 350 g/mol. The number of fused-ring (bicyclic) bond motifs is 1. The number of rotatable bonds is 3. The lowest BCUT2D eigenvalue weighted by Crippen LogP contribution is -2.27. The van der Waals surface area contributed by atoms with Gasteiger partial charge in [-0.3, -0.25) is 4.98 Å². The molecule has 0 spiro atoms. The molecule has 0 N–H and O–H groups in total. The molecule has 0 aliphatic heterocycles. The van der Waals surface area contributed by atoms with Gasteiger partial charge in [0.2, 0.25) is 0 Å². The maximum atomic E-state index is 4.88. The minimum Gasteiger partial charge on any atom is -0.252 e. The Balaban J connectivity index is 2.11. The molecule has 4 rings (SSSR count). The molecule has 0 aliphatic carbocycles. The SMILES string of the molecule is C=c1/c(=C(\C=C(C)C)c2ccccc2)ccc2c(-c3ccccc3)cc(C)nc12. The topological polar surface area (TPSA) is 12.9 Å². The van der Waals surface area contributed by atoms with Crippen molar-refractivity contribution in [2.45, 2.75) is 20.8 Å². The highest BCUT2D eigenvalue weighted by molar-refractivity contribution is 5.95. The first-order valence-corrected chi connectivity index (χ1v) is 9.94. The molecule has 142 valence electrons. The number of nitrogens with zero attached hydrogens (tertiary/aromatic N) is 1. The number of hydrogen-bond acceptors (Lipinski definition) is 1. The first-order valence-electron chi connectivity index (χ1n) is 9.94. The molecule has 0 atom stereocenters. The van der Waals surface area contributed by atoms with E-state index in [0.29, 0.717) is 0 Å². The molecule has 1 heterocycles. The van der Waals surface area contributed by atoms with Gasteiger partial charge in [0.15, 0.2) is 0 Å². The third-order valence-corrected chi connectivity index (χ3v) is 5.11. The van der Waals surface area contributed by atoms with E-state index in [1.54, 1.807) is 0 Å². The Hall–Kier alpha value is -3.45. The second-order valence-electron chi connectivity index (χ2n) is 7.67. The Labute approximate surface area is 172 Å². The van der Waals surface area contributed by atoms with Crippen LogP contribution in [0.3, 0.4) is 0 Å². The zero-order chi connectivity index (χ0) is 20.4. The standard InChI is InChI=1S/C28H25N/c1-19(2)17-26(22-11-7-5-8-12-22)24-15-16-25-27(23-13-9-6-10-14-23)18-20(3)29-28(25)21(24)4/h5-18H,4H2,1-3H3/b26-24+. The normalized spacial score (nSPS) is 12.0. The lowest BCUT2D eigenvalue weighted by atomic mass is 9.96. The van der Waals surface area contributed by atoms with Crippen molar-refractivity contribution in [3.63, 3.8) is 0 Å². The van der Waals surface area contributed by atoms with Gasteiger partial charge in [-0.2, -0.15) is 0 Å². The Bertz CT molecular complexity index is 1310. The predicted molar refractivity (Wildman–Crippen MR) is 125 cm³/mol. The monoisotopic (exact) mass is 375 g/mol. The second-order valence-corrected chi connectivity index (χ2v) is 7.67. The van der Waals surface area contributed by atoms with Gasteiger partial charge >= 0.3 is 0 Å². The van der Waals surface area contributed by atoms with Crippen LogP contribution in [0.5, 0.6) is 0 Å². The van der Waals surface area contributed by atoms with Crippen molar-refractivity contribution in [2.24, 2.45) is 0 Å². The zero-order valence-corrected chi connectivity index (χ0v) is 17.2. The first kappa shape index (κ1) is 18.9. The average Bonchev–Trinajstić information content (AvgIpc) is 2.74. The van der Waals surface area contributed by atoms with E-state index in [1.807, 2.05) is 12.1 Å². The summed E-state index contributed by atoms with van der Waals surface area (Å²) in [5.41, 5.74) is 8.00. The minimum absolute atomic E-state index is 0.969. The fourth-order valence-electron chi connectivity index (χ4n) is 3.81. The lowest BCUT2D eigenvalue weighted by Gasteiger charge is -2.11. The molecular formula is C28H25N. The predicted octanol–water partition coefficient (Wildman–Crippen LogP) is 5.79. The maximum Gasteiger partial charge on any atom is 0.0783 e. The van der Waals surface area contributed by atoms with Crippen LogP contribution in [0.1, 0.15) is 25.1 Å². The van der Waals surface area contributed by atoms with E-state index in [1.165, 1.54) is 27.8 Å². The molecule has 0 radical (unpaired) electrons. The lowest BCUT2D eigenvalue weighted by molar-refractivity contribution is 1.24. The van der Waals surface area contributed by atoms with Gasteiger partial charge in [0, 0.05) is 16.3 Å². The van der Waals surface area contributed by atoms with Crippen LogP contribution < -0.4 is 10.4 Å². The van der Waals surface area contributed by atoms with Crippen LogP contribution in [-0.2, 0) is 0 Å². The van der Waals surface area contributed by atoms with Gasteiger partial charge in [-0.25, -0.2) is 0 Å². The molecule has 0 saturated carbocycles. The molecule has 1 nitrogen and oxygen atoms in total. The molecule has 0 saturated heterocycles. The van der Waals surface area contributed by atoms with Gasteiger partial charge in [-0.15, -0.1) is 0 Å². The summed E-state index contributed by atoms with van der Waals surface area (Å²) in [7, 11) is 0. The molecule has 29 heavy (non-hydrogen) atoms. The van der Waals surface area contributed by atoms with E-state index >= 15 is 0 Å². The molecule has 0 fully saturated rings. The van der Waals surface area contributed by atoms with Crippen LogP contribution in [0.25, 0.3) is 34.2 Å². The highest BCUT2D eigenvalue weighted by Gasteiger charge is 2.09. The maximum absolute atomic E-state index is 4.88. The van der Waals surface area contributed by atoms with E-state index in [9.17, 15) is 0 Å². The van der Waals surface area contributed by atoms with E-state index in [2.05, 4.69) is 100 Å². The van der Waals surface area contributed by atoms with Crippen LogP contribution in [-0.4, -0.2) is 4.98 Å². The summed E-state index contributed by atoms with van der Waals surface area (Å²) in [5.74, 6) is 0. The quantitative estimate of drug-likeness (QED) is 0.442. The molecule has 0 bridgehead atoms. The summed E-state index contributed by atoms with van der Waals surface area (Å²) in [5, 5.41) is 3.24. The number of hydrogen-bond donors (Lipinski definition) is 0. The van der Waals surface area contributed by atoms with E-state index < -0.39 is 0 Å². The molecule has 1 aromatic heterocycles. The number of allylic oxidation sites excluding steroid dienone is 2. The Morgan fingerprint density at radius 2 is 1.52 bits per heavy atom.